The van der Waals surface area contributed by atoms with Gasteiger partial charge >= 0.3 is 0 Å². The van der Waals surface area contributed by atoms with Crippen molar-refractivity contribution in [2.75, 3.05) is 47.4 Å². The number of carbonyl (C=O) groups excluding carboxylic acids is 2. The summed E-state index contributed by atoms with van der Waals surface area (Å²) in [5.74, 6) is -0.150. The van der Waals surface area contributed by atoms with Crippen molar-refractivity contribution >= 4 is 22.7 Å². The lowest BCUT2D eigenvalue weighted by molar-refractivity contribution is -0.133. The summed E-state index contributed by atoms with van der Waals surface area (Å²) in [7, 11) is 7.65. The maximum absolute atomic E-state index is 14.4. The van der Waals surface area contributed by atoms with Gasteiger partial charge in [-0.1, -0.05) is 49.4 Å². The van der Waals surface area contributed by atoms with Gasteiger partial charge in [-0.3, -0.25) is 9.59 Å². The maximum atomic E-state index is 14.4. The second-order valence-electron chi connectivity index (χ2n) is 11.1. The lowest BCUT2D eigenvalue weighted by Gasteiger charge is -2.35. The topological polar surface area (TPSA) is 78.2 Å². The number of aliphatic hydroxyl groups is 1. The van der Waals surface area contributed by atoms with E-state index in [4.69, 9.17) is 4.74 Å². The third-order valence-electron chi connectivity index (χ3n) is 7.88. The molecule has 4 rings (SSSR count). The number of likely N-dealkylation sites (N-methyl/N-ethyl adjacent to an activating group) is 1. The maximum Gasteiger partial charge on any atom is 0.271 e. The normalized spacial score (nSPS) is 19.0. The van der Waals surface area contributed by atoms with E-state index in [1.165, 1.54) is 0 Å². The molecule has 1 N–H and O–H groups in total. The molecule has 2 amide bonds. The first-order valence-electron chi connectivity index (χ1n) is 13.7. The zero-order valence-electron chi connectivity index (χ0n) is 24.1. The quantitative estimate of drug-likeness (QED) is 0.501. The SMILES string of the molecule is C[C@H](CO)N1C[C@H](C)[C@H](CN(C)C(=O)CCN(C)C)OCc2ccccc2-c2c(n(C)c3ccccc23)C1=O. The van der Waals surface area contributed by atoms with Gasteiger partial charge in [-0.05, 0) is 38.2 Å². The van der Waals surface area contributed by atoms with Crippen LogP contribution in [0.5, 0.6) is 0 Å². The Morgan fingerprint density at radius 2 is 1.82 bits per heavy atom. The van der Waals surface area contributed by atoms with Crippen molar-refractivity contribution in [3.8, 4) is 11.1 Å². The summed E-state index contributed by atoms with van der Waals surface area (Å²) in [5.41, 5.74) is 4.41. The van der Waals surface area contributed by atoms with E-state index in [1.807, 2.05) is 87.0 Å². The second kappa shape index (κ2) is 12.3. The number of amides is 2. The number of para-hydroxylation sites is 1. The Kier molecular flexibility index (Phi) is 9.10. The molecule has 0 unspecified atom stereocenters. The summed E-state index contributed by atoms with van der Waals surface area (Å²) in [5, 5.41) is 11.2. The minimum absolute atomic E-state index is 0.0600. The number of hydrogen-bond donors (Lipinski definition) is 1. The monoisotopic (exact) mass is 534 g/mol. The van der Waals surface area contributed by atoms with Crippen LogP contribution < -0.4 is 0 Å². The minimum atomic E-state index is -0.387. The summed E-state index contributed by atoms with van der Waals surface area (Å²) in [6.45, 7) is 5.62. The molecule has 0 radical (unpaired) electrons. The fourth-order valence-corrected chi connectivity index (χ4v) is 5.41. The number of benzene rings is 2. The average molecular weight is 535 g/mol. The Labute approximate surface area is 231 Å². The second-order valence-corrected chi connectivity index (χ2v) is 11.1. The van der Waals surface area contributed by atoms with Crippen LogP contribution in [0.1, 0.15) is 36.3 Å². The summed E-state index contributed by atoms with van der Waals surface area (Å²) >= 11 is 0. The number of aryl methyl sites for hydroxylation is 1. The van der Waals surface area contributed by atoms with Crippen LogP contribution in [0.15, 0.2) is 48.5 Å². The summed E-state index contributed by atoms with van der Waals surface area (Å²) in [6, 6.07) is 15.7. The lowest BCUT2D eigenvalue weighted by atomic mass is 9.96. The van der Waals surface area contributed by atoms with Crippen molar-refractivity contribution in [2.45, 2.75) is 39.0 Å². The smallest absolute Gasteiger partial charge is 0.271 e. The molecule has 1 aliphatic heterocycles. The van der Waals surface area contributed by atoms with E-state index < -0.39 is 0 Å². The molecule has 8 heteroatoms. The Hall–Kier alpha value is -3.20. The van der Waals surface area contributed by atoms with Crippen molar-refractivity contribution in [2.24, 2.45) is 13.0 Å². The molecule has 2 heterocycles. The molecule has 0 aliphatic carbocycles. The van der Waals surface area contributed by atoms with Gasteiger partial charge in [-0.25, -0.2) is 0 Å². The van der Waals surface area contributed by atoms with Crippen molar-refractivity contribution < 1.29 is 19.4 Å². The highest BCUT2D eigenvalue weighted by molar-refractivity contribution is 6.10. The van der Waals surface area contributed by atoms with E-state index >= 15 is 0 Å². The third-order valence-corrected chi connectivity index (χ3v) is 7.88. The highest BCUT2D eigenvalue weighted by Crippen LogP contribution is 2.38. The molecule has 2 aromatic carbocycles. The number of ether oxygens (including phenoxy) is 1. The Morgan fingerprint density at radius 1 is 1.13 bits per heavy atom. The molecular formula is C31H42N4O4. The Bertz CT molecular complexity index is 1320. The molecule has 3 atom stereocenters. The number of rotatable bonds is 7. The first kappa shape index (κ1) is 28.8. The first-order chi connectivity index (χ1) is 18.6. The van der Waals surface area contributed by atoms with Crippen molar-refractivity contribution in [3.63, 3.8) is 0 Å². The van der Waals surface area contributed by atoms with E-state index in [-0.39, 0.29) is 36.5 Å². The van der Waals surface area contributed by atoms with Crippen LogP contribution in [-0.2, 0) is 23.2 Å². The van der Waals surface area contributed by atoms with Gasteiger partial charge in [0.05, 0.1) is 25.4 Å². The number of aromatic nitrogens is 1. The van der Waals surface area contributed by atoms with Gasteiger partial charge in [0.25, 0.3) is 5.91 Å². The molecule has 1 aliphatic rings. The summed E-state index contributed by atoms with van der Waals surface area (Å²) < 4.78 is 8.55. The van der Waals surface area contributed by atoms with Crippen molar-refractivity contribution in [1.82, 2.24) is 19.3 Å². The fraction of sp³-hybridized carbons (Fsp3) is 0.484. The molecule has 3 aromatic rings. The van der Waals surface area contributed by atoms with Gasteiger partial charge in [0.1, 0.15) is 5.69 Å². The van der Waals surface area contributed by atoms with E-state index in [0.717, 1.165) is 27.6 Å². The molecule has 0 spiro atoms. The van der Waals surface area contributed by atoms with Gasteiger partial charge < -0.3 is 29.1 Å². The van der Waals surface area contributed by atoms with Crippen LogP contribution >= 0.6 is 0 Å². The van der Waals surface area contributed by atoms with Gasteiger partial charge in [-0.15, -0.1) is 0 Å². The van der Waals surface area contributed by atoms with Crippen molar-refractivity contribution in [1.29, 1.82) is 0 Å². The van der Waals surface area contributed by atoms with Crippen LogP contribution in [0.25, 0.3) is 22.0 Å². The molecule has 0 saturated carbocycles. The molecule has 0 bridgehead atoms. The Morgan fingerprint density at radius 3 is 2.54 bits per heavy atom. The number of fused-ring (bicyclic) bond motifs is 5. The number of carbonyl (C=O) groups is 2. The molecule has 210 valence electrons. The zero-order valence-corrected chi connectivity index (χ0v) is 24.1. The summed E-state index contributed by atoms with van der Waals surface area (Å²) in [6.07, 6.45) is 0.132. The summed E-state index contributed by atoms with van der Waals surface area (Å²) in [4.78, 5) is 32.7. The number of nitrogens with zero attached hydrogens (tertiary/aromatic N) is 4. The zero-order chi connectivity index (χ0) is 28.3. The minimum Gasteiger partial charge on any atom is -0.394 e. The first-order valence-corrected chi connectivity index (χ1v) is 13.7. The molecule has 8 nitrogen and oxygen atoms in total. The third kappa shape index (κ3) is 6.03. The molecule has 0 saturated heterocycles. The van der Waals surface area contributed by atoms with Crippen LogP contribution in [-0.4, -0.2) is 95.7 Å². The van der Waals surface area contributed by atoms with Gasteiger partial charge in [0.15, 0.2) is 0 Å². The average Bonchev–Trinajstić information content (AvgIpc) is 3.22. The van der Waals surface area contributed by atoms with Crippen LogP contribution in [0, 0.1) is 5.92 Å². The standard InChI is InChI=1S/C31H42N4O4/c1-21-17-35(22(2)19-36)31(38)30-29(25-13-9-10-14-26(25)34(30)6)24-12-8-7-11-23(24)20-39-27(21)18-33(5)28(37)15-16-32(3)4/h7-14,21-22,27,36H,15-20H2,1-6H3/t21-,22+,27-/m0/s1. The molecule has 39 heavy (non-hydrogen) atoms. The predicted molar refractivity (Wildman–Crippen MR) is 154 cm³/mol. The Balaban J connectivity index is 1.80. The van der Waals surface area contributed by atoms with E-state index in [2.05, 4.69) is 13.0 Å². The van der Waals surface area contributed by atoms with Crippen LogP contribution in [0.3, 0.4) is 0 Å². The van der Waals surface area contributed by atoms with Gasteiger partial charge in [0.2, 0.25) is 5.91 Å². The van der Waals surface area contributed by atoms with E-state index in [9.17, 15) is 14.7 Å². The fourth-order valence-electron chi connectivity index (χ4n) is 5.41. The highest BCUT2D eigenvalue weighted by Gasteiger charge is 2.33. The predicted octanol–water partition coefficient (Wildman–Crippen LogP) is 3.61. The van der Waals surface area contributed by atoms with E-state index in [1.54, 1.807) is 9.80 Å². The largest absolute Gasteiger partial charge is 0.394 e. The van der Waals surface area contributed by atoms with Crippen molar-refractivity contribution in [3.05, 3.63) is 59.8 Å². The van der Waals surface area contributed by atoms with Crippen LogP contribution in [0.4, 0.5) is 0 Å². The van der Waals surface area contributed by atoms with Gasteiger partial charge in [0, 0.05) is 62.5 Å². The number of hydrogen-bond acceptors (Lipinski definition) is 5. The number of aliphatic hydroxyl groups excluding tert-OH is 1. The van der Waals surface area contributed by atoms with Crippen LogP contribution in [0.2, 0.25) is 0 Å². The molecular weight excluding hydrogens is 492 g/mol. The lowest BCUT2D eigenvalue weighted by Crippen LogP contribution is -2.48. The van der Waals surface area contributed by atoms with Gasteiger partial charge in [-0.2, -0.15) is 0 Å². The van der Waals surface area contributed by atoms with E-state index in [0.29, 0.717) is 38.4 Å². The molecule has 0 fully saturated rings. The highest BCUT2D eigenvalue weighted by atomic mass is 16.5. The molecule has 1 aromatic heterocycles.